The number of benzene rings is 2. The number of anilines is 1. The number of rotatable bonds is 9. The molecule has 0 bridgehead atoms. The molecule has 28 heavy (non-hydrogen) atoms. The van der Waals surface area contributed by atoms with Crippen LogP contribution in [0.1, 0.15) is 38.3 Å². The number of aryl methyl sites for hydroxylation is 2. The van der Waals surface area contributed by atoms with Crippen molar-refractivity contribution in [3.05, 3.63) is 58.6 Å². The zero-order valence-electron chi connectivity index (χ0n) is 16.5. The maximum atomic E-state index is 13.0. The number of para-hydroxylation sites is 1. The highest BCUT2D eigenvalue weighted by molar-refractivity contribution is 7.89. The van der Waals surface area contributed by atoms with Gasteiger partial charge in [0.2, 0.25) is 15.9 Å². The first kappa shape index (κ1) is 22.4. The van der Waals surface area contributed by atoms with E-state index in [9.17, 15) is 13.2 Å². The number of sulfonamides is 1. The van der Waals surface area contributed by atoms with Crippen LogP contribution in [0.4, 0.5) is 5.69 Å². The summed E-state index contributed by atoms with van der Waals surface area (Å²) in [6.07, 6.45) is 2.17. The van der Waals surface area contributed by atoms with Gasteiger partial charge in [-0.25, -0.2) is 8.42 Å². The van der Waals surface area contributed by atoms with E-state index in [0.29, 0.717) is 11.4 Å². The van der Waals surface area contributed by atoms with Crippen LogP contribution in [0.5, 0.6) is 0 Å². The maximum absolute atomic E-state index is 13.0. The van der Waals surface area contributed by atoms with Crippen molar-refractivity contribution in [2.45, 2.75) is 44.9 Å². The highest BCUT2D eigenvalue weighted by atomic mass is 35.5. The lowest BCUT2D eigenvalue weighted by atomic mass is 10.0. The number of carbonyl (C=O) groups is 1. The molecule has 0 fully saturated rings. The number of halogens is 1. The summed E-state index contributed by atoms with van der Waals surface area (Å²) in [6, 6.07) is 11.9. The van der Waals surface area contributed by atoms with Crippen LogP contribution in [0.3, 0.4) is 0 Å². The highest BCUT2D eigenvalue weighted by Crippen LogP contribution is 2.23. The molecule has 0 aliphatic carbocycles. The van der Waals surface area contributed by atoms with Crippen LogP contribution in [0.15, 0.2) is 47.4 Å². The molecule has 0 aliphatic heterocycles. The third-order valence-electron chi connectivity index (χ3n) is 4.51. The molecule has 1 N–H and O–H groups in total. The Labute approximate surface area is 172 Å². The van der Waals surface area contributed by atoms with E-state index in [0.717, 1.165) is 29.7 Å². The van der Waals surface area contributed by atoms with Crippen LogP contribution in [0, 0.1) is 0 Å². The summed E-state index contributed by atoms with van der Waals surface area (Å²) in [5.74, 6) is -0.346. The third-order valence-corrected chi connectivity index (χ3v) is 6.62. The molecule has 0 unspecified atom stereocenters. The number of nitrogens with one attached hydrogen (secondary N) is 1. The molecule has 0 aromatic heterocycles. The first-order valence-electron chi connectivity index (χ1n) is 9.49. The van der Waals surface area contributed by atoms with Crippen LogP contribution in [0.2, 0.25) is 5.02 Å². The molecule has 0 saturated heterocycles. The van der Waals surface area contributed by atoms with Gasteiger partial charge in [-0.3, -0.25) is 4.79 Å². The van der Waals surface area contributed by atoms with Gasteiger partial charge in [0.1, 0.15) is 0 Å². The Morgan fingerprint density at radius 1 is 1.00 bits per heavy atom. The van der Waals surface area contributed by atoms with E-state index in [-0.39, 0.29) is 23.9 Å². The predicted octanol–water partition coefficient (Wildman–Crippen LogP) is 4.50. The number of nitrogens with zero attached hydrogens (tertiary/aromatic N) is 1. The molecule has 2 rings (SSSR count). The fourth-order valence-electron chi connectivity index (χ4n) is 3.03. The second-order valence-electron chi connectivity index (χ2n) is 6.50. The number of amides is 1. The first-order valence-corrected chi connectivity index (χ1v) is 11.3. The first-order chi connectivity index (χ1) is 13.3. The van der Waals surface area contributed by atoms with Gasteiger partial charge in [-0.05, 0) is 54.7 Å². The van der Waals surface area contributed by atoms with Crippen molar-refractivity contribution in [2.24, 2.45) is 0 Å². The standard InChI is InChI=1S/C21H27ClN2O3S/c1-4-14-24(28(26,27)19-12-10-18(22)11-13-19)15-20(25)23-21-16(5-2)8-7-9-17(21)6-3/h7-13H,4-6,14-15H2,1-3H3,(H,23,25). The van der Waals surface area contributed by atoms with Crippen molar-refractivity contribution in [3.63, 3.8) is 0 Å². The van der Waals surface area contributed by atoms with E-state index in [1.807, 2.05) is 39.0 Å². The Morgan fingerprint density at radius 2 is 1.57 bits per heavy atom. The Kier molecular flexibility index (Phi) is 8.04. The Hall–Kier alpha value is -1.89. The monoisotopic (exact) mass is 422 g/mol. The third kappa shape index (κ3) is 5.34. The van der Waals surface area contributed by atoms with Crippen LogP contribution in [0.25, 0.3) is 0 Å². The second-order valence-corrected chi connectivity index (χ2v) is 8.87. The van der Waals surface area contributed by atoms with Crippen molar-refractivity contribution in [1.29, 1.82) is 0 Å². The molecule has 5 nitrogen and oxygen atoms in total. The van der Waals surface area contributed by atoms with E-state index in [1.165, 1.54) is 28.6 Å². The molecule has 0 radical (unpaired) electrons. The summed E-state index contributed by atoms with van der Waals surface area (Å²) in [5.41, 5.74) is 2.86. The minimum absolute atomic E-state index is 0.126. The number of carbonyl (C=O) groups excluding carboxylic acids is 1. The average Bonchev–Trinajstić information content (AvgIpc) is 2.68. The molecule has 2 aromatic carbocycles. The largest absolute Gasteiger partial charge is 0.324 e. The van der Waals surface area contributed by atoms with Crippen molar-refractivity contribution >= 4 is 33.2 Å². The lowest BCUT2D eigenvalue weighted by Crippen LogP contribution is -2.38. The number of hydrogen-bond donors (Lipinski definition) is 1. The van der Waals surface area contributed by atoms with Crippen molar-refractivity contribution in [3.8, 4) is 0 Å². The molecule has 0 aliphatic rings. The van der Waals surface area contributed by atoms with Crippen LogP contribution < -0.4 is 5.32 Å². The van der Waals surface area contributed by atoms with E-state index in [2.05, 4.69) is 5.32 Å². The van der Waals surface area contributed by atoms with Gasteiger partial charge in [-0.15, -0.1) is 0 Å². The SMILES string of the molecule is CCCN(CC(=O)Nc1c(CC)cccc1CC)S(=O)(=O)c1ccc(Cl)cc1. The quantitative estimate of drug-likeness (QED) is 0.646. The summed E-state index contributed by atoms with van der Waals surface area (Å²) in [5, 5.41) is 3.40. The molecule has 2 aromatic rings. The summed E-state index contributed by atoms with van der Waals surface area (Å²) >= 11 is 5.86. The normalized spacial score (nSPS) is 11.6. The maximum Gasteiger partial charge on any atom is 0.243 e. The van der Waals surface area contributed by atoms with Gasteiger partial charge in [0.25, 0.3) is 0 Å². The Balaban J connectivity index is 2.25. The van der Waals surface area contributed by atoms with Crippen LogP contribution >= 0.6 is 11.6 Å². The zero-order chi connectivity index (χ0) is 20.7. The minimum Gasteiger partial charge on any atom is -0.324 e. The molecule has 0 spiro atoms. The van der Waals surface area contributed by atoms with E-state index >= 15 is 0 Å². The summed E-state index contributed by atoms with van der Waals surface area (Å²) in [4.78, 5) is 12.9. The molecular weight excluding hydrogens is 396 g/mol. The van der Waals surface area contributed by atoms with Crippen molar-refractivity contribution in [1.82, 2.24) is 4.31 Å². The Bertz CT molecular complexity index is 889. The molecule has 152 valence electrons. The number of hydrogen-bond acceptors (Lipinski definition) is 3. The lowest BCUT2D eigenvalue weighted by molar-refractivity contribution is -0.116. The minimum atomic E-state index is -3.78. The van der Waals surface area contributed by atoms with Gasteiger partial charge < -0.3 is 5.32 Å². The van der Waals surface area contributed by atoms with Crippen molar-refractivity contribution < 1.29 is 13.2 Å². The van der Waals surface area contributed by atoms with E-state index < -0.39 is 10.0 Å². The van der Waals surface area contributed by atoms with Crippen LogP contribution in [-0.4, -0.2) is 31.7 Å². The average molecular weight is 423 g/mol. The van der Waals surface area contributed by atoms with Gasteiger partial charge in [-0.2, -0.15) is 4.31 Å². The van der Waals surface area contributed by atoms with Gasteiger partial charge in [0.05, 0.1) is 11.4 Å². The van der Waals surface area contributed by atoms with Crippen molar-refractivity contribution in [2.75, 3.05) is 18.4 Å². The molecule has 1 amide bonds. The fourth-order valence-corrected chi connectivity index (χ4v) is 4.65. The van der Waals surface area contributed by atoms with Gasteiger partial charge in [0, 0.05) is 17.3 Å². The van der Waals surface area contributed by atoms with Gasteiger partial charge in [0.15, 0.2) is 0 Å². The summed E-state index contributed by atoms with van der Waals surface area (Å²) in [6.45, 7) is 5.95. The summed E-state index contributed by atoms with van der Waals surface area (Å²) < 4.78 is 27.2. The summed E-state index contributed by atoms with van der Waals surface area (Å²) in [7, 11) is -3.78. The van der Waals surface area contributed by atoms with E-state index in [4.69, 9.17) is 11.6 Å². The molecular formula is C21H27ClN2O3S. The van der Waals surface area contributed by atoms with Crippen LogP contribution in [-0.2, 0) is 27.7 Å². The molecule has 0 heterocycles. The molecule has 7 heteroatoms. The Morgan fingerprint density at radius 3 is 2.07 bits per heavy atom. The smallest absolute Gasteiger partial charge is 0.243 e. The molecule has 0 saturated carbocycles. The van der Waals surface area contributed by atoms with Gasteiger partial charge >= 0.3 is 0 Å². The highest BCUT2D eigenvalue weighted by Gasteiger charge is 2.26. The predicted molar refractivity (Wildman–Crippen MR) is 114 cm³/mol. The fraction of sp³-hybridized carbons (Fsp3) is 0.381. The van der Waals surface area contributed by atoms with Gasteiger partial charge in [-0.1, -0.05) is 50.6 Å². The van der Waals surface area contributed by atoms with E-state index in [1.54, 1.807) is 0 Å². The molecule has 0 atom stereocenters. The lowest BCUT2D eigenvalue weighted by Gasteiger charge is -2.22. The second kappa shape index (κ2) is 10.0. The topological polar surface area (TPSA) is 66.5 Å². The zero-order valence-corrected chi connectivity index (χ0v) is 18.1.